The molecular formula is C22H18O. The molecule has 1 fully saturated rings. The number of carbonyl (C=O) groups excluding carboxylic acids is 1. The van der Waals surface area contributed by atoms with Crippen LogP contribution in [-0.4, -0.2) is 5.78 Å². The zero-order chi connectivity index (χ0) is 15.6. The standard InChI is InChI=1S/C22H18O/c23-22(18-9-5-2-6-10-18)19-13-11-17(12-14-19)21-15-20(21)16-7-3-1-4-8-16/h1-14,20-21H,15H2/t20-,21+/m1/s1. The molecule has 0 heterocycles. The zero-order valence-corrected chi connectivity index (χ0v) is 12.9. The molecule has 0 aliphatic heterocycles. The summed E-state index contributed by atoms with van der Waals surface area (Å²) in [7, 11) is 0. The van der Waals surface area contributed by atoms with E-state index in [1.165, 1.54) is 17.5 Å². The number of carbonyl (C=O) groups is 1. The molecule has 0 aromatic heterocycles. The summed E-state index contributed by atoms with van der Waals surface area (Å²) in [4.78, 5) is 12.4. The molecule has 1 heteroatoms. The summed E-state index contributed by atoms with van der Waals surface area (Å²) < 4.78 is 0. The van der Waals surface area contributed by atoms with Crippen LogP contribution < -0.4 is 0 Å². The second kappa shape index (κ2) is 5.85. The minimum atomic E-state index is 0.0903. The van der Waals surface area contributed by atoms with E-state index < -0.39 is 0 Å². The molecule has 1 nitrogen and oxygen atoms in total. The maximum Gasteiger partial charge on any atom is 0.193 e. The van der Waals surface area contributed by atoms with Crippen LogP contribution in [0.15, 0.2) is 84.9 Å². The summed E-state index contributed by atoms with van der Waals surface area (Å²) in [5, 5.41) is 0. The van der Waals surface area contributed by atoms with Crippen molar-refractivity contribution in [3.8, 4) is 0 Å². The Hall–Kier alpha value is -2.67. The molecule has 0 amide bonds. The molecule has 1 saturated carbocycles. The lowest BCUT2D eigenvalue weighted by Gasteiger charge is -2.04. The van der Waals surface area contributed by atoms with Crippen LogP contribution in [-0.2, 0) is 0 Å². The van der Waals surface area contributed by atoms with Gasteiger partial charge in [0.2, 0.25) is 0 Å². The van der Waals surface area contributed by atoms with Crippen LogP contribution in [0.4, 0.5) is 0 Å². The van der Waals surface area contributed by atoms with E-state index in [1.807, 2.05) is 42.5 Å². The smallest absolute Gasteiger partial charge is 0.193 e. The predicted molar refractivity (Wildman–Crippen MR) is 92.9 cm³/mol. The van der Waals surface area contributed by atoms with Gasteiger partial charge < -0.3 is 0 Å². The second-order valence-electron chi connectivity index (χ2n) is 6.18. The van der Waals surface area contributed by atoms with E-state index in [9.17, 15) is 4.79 Å². The van der Waals surface area contributed by atoms with Crippen LogP contribution in [0, 0.1) is 0 Å². The summed E-state index contributed by atoms with van der Waals surface area (Å²) >= 11 is 0. The van der Waals surface area contributed by atoms with Crippen molar-refractivity contribution in [3.63, 3.8) is 0 Å². The van der Waals surface area contributed by atoms with Crippen molar-refractivity contribution < 1.29 is 4.79 Å². The van der Waals surface area contributed by atoms with Crippen molar-refractivity contribution in [1.82, 2.24) is 0 Å². The van der Waals surface area contributed by atoms with Crippen molar-refractivity contribution >= 4 is 5.78 Å². The van der Waals surface area contributed by atoms with Gasteiger partial charge in [0.25, 0.3) is 0 Å². The highest BCUT2D eigenvalue weighted by atomic mass is 16.1. The molecule has 0 spiro atoms. The van der Waals surface area contributed by atoms with Gasteiger partial charge in [-0.2, -0.15) is 0 Å². The molecule has 0 unspecified atom stereocenters. The van der Waals surface area contributed by atoms with E-state index in [2.05, 4.69) is 42.5 Å². The summed E-state index contributed by atoms with van der Waals surface area (Å²) in [5.74, 6) is 1.32. The summed E-state index contributed by atoms with van der Waals surface area (Å²) in [5.41, 5.74) is 4.26. The number of rotatable bonds is 4. The van der Waals surface area contributed by atoms with Crippen molar-refractivity contribution in [3.05, 3.63) is 107 Å². The monoisotopic (exact) mass is 298 g/mol. The molecule has 0 bridgehead atoms. The molecule has 0 radical (unpaired) electrons. The van der Waals surface area contributed by atoms with Crippen LogP contribution in [0.25, 0.3) is 0 Å². The Balaban J connectivity index is 1.50. The van der Waals surface area contributed by atoms with Crippen LogP contribution in [0.3, 0.4) is 0 Å². The van der Waals surface area contributed by atoms with Gasteiger partial charge in [0.1, 0.15) is 0 Å². The number of hydrogen-bond donors (Lipinski definition) is 0. The van der Waals surface area contributed by atoms with E-state index in [0.29, 0.717) is 11.8 Å². The van der Waals surface area contributed by atoms with Crippen molar-refractivity contribution in [2.24, 2.45) is 0 Å². The first-order valence-corrected chi connectivity index (χ1v) is 8.07. The number of ketones is 1. The molecule has 1 aliphatic rings. The Labute approximate surface area is 136 Å². The average Bonchev–Trinajstić information content (AvgIpc) is 3.44. The van der Waals surface area contributed by atoms with Crippen molar-refractivity contribution in [2.75, 3.05) is 0 Å². The normalized spacial score (nSPS) is 19.3. The van der Waals surface area contributed by atoms with Crippen LogP contribution in [0.1, 0.15) is 45.3 Å². The van der Waals surface area contributed by atoms with Crippen LogP contribution in [0.5, 0.6) is 0 Å². The summed E-state index contributed by atoms with van der Waals surface area (Å²) in [6, 6.07) is 28.3. The lowest BCUT2D eigenvalue weighted by Crippen LogP contribution is -2.00. The minimum Gasteiger partial charge on any atom is -0.289 e. The maximum atomic E-state index is 12.4. The molecule has 3 aromatic carbocycles. The van der Waals surface area contributed by atoms with Gasteiger partial charge >= 0.3 is 0 Å². The van der Waals surface area contributed by atoms with E-state index in [1.54, 1.807) is 0 Å². The Morgan fingerprint density at radius 3 is 1.70 bits per heavy atom. The van der Waals surface area contributed by atoms with Crippen molar-refractivity contribution in [1.29, 1.82) is 0 Å². The topological polar surface area (TPSA) is 17.1 Å². The van der Waals surface area contributed by atoms with Gasteiger partial charge in [0.15, 0.2) is 5.78 Å². The molecule has 2 atom stereocenters. The Morgan fingerprint density at radius 2 is 1.09 bits per heavy atom. The molecule has 1 aliphatic carbocycles. The summed E-state index contributed by atoms with van der Waals surface area (Å²) in [6.07, 6.45) is 1.20. The maximum absolute atomic E-state index is 12.4. The van der Waals surface area contributed by atoms with Crippen LogP contribution >= 0.6 is 0 Å². The zero-order valence-electron chi connectivity index (χ0n) is 12.9. The first-order chi connectivity index (χ1) is 11.3. The Morgan fingerprint density at radius 1 is 0.609 bits per heavy atom. The molecule has 0 N–H and O–H groups in total. The largest absolute Gasteiger partial charge is 0.289 e. The SMILES string of the molecule is O=C(c1ccccc1)c1ccc([C@@H]2C[C@@H]2c2ccccc2)cc1. The van der Waals surface area contributed by atoms with Gasteiger partial charge in [-0.1, -0.05) is 84.9 Å². The molecule has 4 rings (SSSR count). The second-order valence-corrected chi connectivity index (χ2v) is 6.18. The van der Waals surface area contributed by atoms with Gasteiger partial charge in [-0.05, 0) is 29.4 Å². The molecule has 3 aromatic rings. The van der Waals surface area contributed by atoms with Crippen molar-refractivity contribution in [2.45, 2.75) is 18.3 Å². The predicted octanol–water partition coefficient (Wildman–Crippen LogP) is 5.19. The fourth-order valence-electron chi connectivity index (χ4n) is 3.27. The van der Waals surface area contributed by atoms with Gasteiger partial charge in [0, 0.05) is 11.1 Å². The fourth-order valence-corrected chi connectivity index (χ4v) is 3.27. The first kappa shape index (κ1) is 14.0. The third-order valence-corrected chi connectivity index (χ3v) is 4.66. The molecule has 23 heavy (non-hydrogen) atoms. The van der Waals surface area contributed by atoms with E-state index in [4.69, 9.17) is 0 Å². The lowest BCUT2D eigenvalue weighted by molar-refractivity contribution is 0.103. The molecular weight excluding hydrogens is 280 g/mol. The highest BCUT2D eigenvalue weighted by Gasteiger charge is 2.39. The van der Waals surface area contributed by atoms with Gasteiger partial charge in [-0.3, -0.25) is 4.79 Å². The van der Waals surface area contributed by atoms with Gasteiger partial charge in [-0.25, -0.2) is 0 Å². The number of hydrogen-bond acceptors (Lipinski definition) is 1. The van der Waals surface area contributed by atoms with Crippen LogP contribution in [0.2, 0.25) is 0 Å². The van der Waals surface area contributed by atoms with E-state index in [-0.39, 0.29) is 5.78 Å². The number of benzene rings is 3. The Kier molecular flexibility index (Phi) is 3.55. The highest BCUT2D eigenvalue weighted by Crippen LogP contribution is 2.54. The fraction of sp³-hybridized carbons (Fsp3) is 0.136. The first-order valence-electron chi connectivity index (χ1n) is 8.07. The molecule has 112 valence electrons. The third-order valence-electron chi connectivity index (χ3n) is 4.66. The Bertz CT molecular complexity index is 804. The van der Waals surface area contributed by atoms with Gasteiger partial charge in [0.05, 0.1) is 0 Å². The van der Waals surface area contributed by atoms with E-state index in [0.717, 1.165) is 11.1 Å². The average molecular weight is 298 g/mol. The third kappa shape index (κ3) is 2.83. The van der Waals surface area contributed by atoms with E-state index >= 15 is 0 Å². The van der Waals surface area contributed by atoms with Gasteiger partial charge in [-0.15, -0.1) is 0 Å². The summed E-state index contributed by atoms with van der Waals surface area (Å²) in [6.45, 7) is 0. The quantitative estimate of drug-likeness (QED) is 0.606. The highest BCUT2D eigenvalue weighted by molar-refractivity contribution is 6.08. The molecule has 0 saturated heterocycles. The minimum absolute atomic E-state index is 0.0903. The lowest BCUT2D eigenvalue weighted by atomic mass is 9.99.